The van der Waals surface area contributed by atoms with Crippen LogP contribution in [0.2, 0.25) is 0 Å². The van der Waals surface area contributed by atoms with Crippen LogP contribution in [0.4, 0.5) is 5.69 Å². The van der Waals surface area contributed by atoms with Crippen LogP contribution < -0.4 is 5.32 Å². The second-order valence-electron chi connectivity index (χ2n) is 8.04. The molecule has 1 aromatic rings. The Balaban J connectivity index is 1.51. The number of likely N-dealkylation sites (tertiary alicyclic amines) is 1. The summed E-state index contributed by atoms with van der Waals surface area (Å²) in [6, 6.07) is 6.01. The zero-order valence-electron chi connectivity index (χ0n) is 15.9. The van der Waals surface area contributed by atoms with Crippen molar-refractivity contribution in [1.29, 1.82) is 0 Å². The van der Waals surface area contributed by atoms with Gasteiger partial charge in [0.1, 0.15) is 6.04 Å². The average molecular weight is 386 g/mol. The van der Waals surface area contributed by atoms with Gasteiger partial charge in [-0.25, -0.2) is 4.79 Å². The molecule has 1 unspecified atom stereocenters. The Morgan fingerprint density at radius 3 is 2.82 bits per heavy atom. The number of benzene rings is 1. The van der Waals surface area contributed by atoms with Gasteiger partial charge in [-0.1, -0.05) is 6.07 Å². The Bertz CT molecular complexity index is 783. The number of nitrogens with zero attached hydrogens (tertiary/aromatic N) is 1. The lowest BCUT2D eigenvalue weighted by Crippen LogP contribution is -2.48. The molecule has 28 heavy (non-hydrogen) atoms. The van der Waals surface area contributed by atoms with Crippen LogP contribution in [0.25, 0.3) is 0 Å². The van der Waals surface area contributed by atoms with Crippen LogP contribution in [0.15, 0.2) is 24.3 Å². The second-order valence-corrected chi connectivity index (χ2v) is 8.04. The molecule has 2 amide bonds. The normalized spacial score (nSPS) is 29.4. The van der Waals surface area contributed by atoms with E-state index in [4.69, 9.17) is 4.74 Å². The minimum Gasteiger partial charge on any atom is -0.480 e. The number of anilines is 1. The van der Waals surface area contributed by atoms with E-state index in [0.29, 0.717) is 30.8 Å². The van der Waals surface area contributed by atoms with Crippen LogP contribution in [-0.2, 0) is 14.3 Å². The Labute approximate surface area is 164 Å². The molecule has 7 heteroatoms. The van der Waals surface area contributed by atoms with Crippen molar-refractivity contribution in [2.45, 2.75) is 57.1 Å². The highest BCUT2D eigenvalue weighted by atomic mass is 16.5. The topological polar surface area (TPSA) is 95.9 Å². The van der Waals surface area contributed by atoms with Gasteiger partial charge in [0.2, 0.25) is 5.91 Å². The van der Waals surface area contributed by atoms with Gasteiger partial charge in [0.05, 0.1) is 11.5 Å². The molecule has 7 nitrogen and oxygen atoms in total. The van der Waals surface area contributed by atoms with Crippen molar-refractivity contribution in [2.75, 3.05) is 18.5 Å². The molecule has 3 atom stereocenters. The predicted molar refractivity (Wildman–Crippen MR) is 102 cm³/mol. The lowest BCUT2D eigenvalue weighted by molar-refractivity contribution is -0.143. The monoisotopic (exact) mass is 386 g/mol. The summed E-state index contributed by atoms with van der Waals surface area (Å²) in [5, 5.41) is 12.4. The van der Waals surface area contributed by atoms with Gasteiger partial charge in [-0.05, 0) is 63.1 Å². The van der Waals surface area contributed by atoms with Crippen LogP contribution >= 0.6 is 0 Å². The molecule has 1 aromatic carbocycles. The number of piperidine rings is 1. The first-order chi connectivity index (χ1) is 13.5. The van der Waals surface area contributed by atoms with Crippen molar-refractivity contribution in [3.63, 3.8) is 0 Å². The summed E-state index contributed by atoms with van der Waals surface area (Å²) >= 11 is 0. The SMILES string of the molecule is O=C(O)C1CCCCN1C(=O)c1cccc(NC(=O)[C@]23CCC[C@H]2OCC3)c1. The number of ether oxygens (including phenoxy) is 1. The molecule has 3 aliphatic rings. The first-order valence-corrected chi connectivity index (χ1v) is 10.1. The second kappa shape index (κ2) is 7.54. The van der Waals surface area contributed by atoms with E-state index in [1.54, 1.807) is 24.3 Å². The number of carbonyl (C=O) groups is 3. The van der Waals surface area contributed by atoms with Gasteiger partial charge in [-0.15, -0.1) is 0 Å². The van der Waals surface area contributed by atoms with Gasteiger partial charge in [-0.2, -0.15) is 0 Å². The van der Waals surface area contributed by atoms with Crippen LogP contribution in [0.5, 0.6) is 0 Å². The number of rotatable bonds is 4. The number of fused-ring (bicyclic) bond motifs is 1. The van der Waals surface area contributed by atoms with Gasteiger partial charge in [0.15, 0.2) is 0 Å². The number of aliphatic carboxylic acids is 1. The van der Waals surface area contributed by atoms with E-state index in [0.717, 1.165) is 38.5 Å². The van der Waals surface area contributed by atoms with Gasteiger partial charge in [0, 0.05) is 24.4 Å². The first kappa shape index (κ1) is 18.9. The number of carboxylic acids is 1. The maximum absolute atomic E-state index is 13.0. The lowest BCUT2D eigenvalue weighted by Gasteiger charge is -2.33. The fourth-order valence-electron chi connectivity index (χ4n) is 4.91. The fraction of sp³-hybridized carbons (Fsp3) is 0.571. The third-order valence-corrected chi connectivity index (χ3v) is 6.44. The molecule has 2 heterocycles. The Kier molecular flexibility index (Phi) is 5.10. The number of nitrogens with one attached hydrogen (secondary N) is 1. The molecule has 1 saturated carbocycles. The molecule has 3 fully saturated rings. The third kappa shape index (κ3) is 3.28. The smallest absolute Gasteiger partial charge is 0.326 e. The largest absolute Gasteiger partial charge is 0.480 e. The molecule has 2 N–H and O–H groups in total. The molecule has 0 radical (unpaired) electrons. The number of carboxylic acid groups (broad SMARTS) is 1. The predicted octanol–water partition coefficient (Wildman–Crippen LogP) is 2.66. The summed E-state index contributed by atoms with van der Waals surface area (Å²) in [6.07, 6.45) is 5.54. The highest BCUT2D eigenvalue weighted by Gasteiger charge is 2.52. The molecule has 0 aromatic heterocycles. The Hall–Kier alpha value is -2.41. The third-order valence-electron chi connectivity index (χ3n) is 6.44. The molecule has 150 valence electrons. The Morgan fingerprint density at radius 2 is 2.00 bits per heavy atom. The first-order valence-electron chi connectivity index (χ1n) is 10.1. The summed E-state index contributed by atoms with van der Waals surface area (Å²) < 4.78 is 5.74. The molecule has 0 spiro atoms. The standard InChI is InChI=1S/C21H26N2O5/c24-18(23-11-2-1-7-16(23)19(25)26)14-5-3-6-15(13-14)22-20(27)21-9-4-8-17(21)28-12-10-21/h3,5-6,13,16-17H,1-2,4,7-12H2,(H,22,27)(H,25,26)/t16?,17-,21+/m1/s1. The number of hydrogen-bond acceptors (Lipinski definition) is 4. The van der Waals surface area contributed by atoms with E-state index in [1.807, 2.05) is 0 Å². The summed E-state index contributed by atoms with van der Waals surface area (Å²) in [4.78, 5) is 38.8. The quantitative estimate of drug-likeness (QED) is 0.829. The average Bonchev–Trinajstić information content (AvgIpc) is 3.29. The summed E-state index contributed by atoms with van der Waals surface area (Å²) in [7, 11) is 0. The van der Waals surface area contributed by atoms with E-state index < -0.39 is 17.4 Å². The van der Waals surface area contributed by atoms with Crippen molar-refractivity contribution in [3.8, 4) is 0 Å². The molecule has 2 aliphatic heterocycles. The molecule has 1 aliphatic carbocycles. The van der Waals surface area contributed by atoms with Gasteiger partial charge >= 0.3 is 5.97 Å². The van der Waals surface area contributed by atoms with E-state index >= 15 is 0 Å². The highest BCUT2D eigenvalue weighted by Crippen LogP contribution is 2.48. The minimum atomic E-state index is -0.967. The Morgan fingerprint density at radius 1 is 1.14 bits per heavy atom. The molecule has 0 bridgehead atoms. The van der Waals surface area contributed by atoms with Crippen molar-refractivity contribution < 1.29 is 24.2 Å². The summed E-state index contributed by atoms with van der Waals surface area (Å²) in [5.74, 6) is -1.31. The number of amides is 2. The molecular formula is C21H26N2O5. The summed E-state index contributed by atoms with van der Waals surface area (Å²) in [6.45, 7) is 1.05. The van der Waals surface area contributed by atoms with E-state index in [-0.39, 0.29) is 17.9 Å². The number of hydrogen-bond donors (Lipinski definition) is 2. The fourth-order valence-corrected chi connectivity index (χ4v) is 4.91. The summed E-state index contributed by atoms with van der Waals surface area (Å²) in [5.41, 5.74) is 0.502. The van der Waals surface area contributed by atoms with E-state index in [1.165, 1.54) is 4.90 Å². The van der Waals surface area contributed by atoms with Crippen LogP contribution in [0.3, 0.4) is 0 Å². The zero-order chi connectivity index (χ0) is 19.7. The van der Waals surface area contributed by atoms with Crippen LogP contribution in [0, 0.1) is 5.41 Å². The maximum Gasteiger partial charge on any atom is 0.326 e. The van der Waals surface area contributed by atoms with Crippen molar-refractivity contribution >= 4 is 23.5 Å². The van der Waals surface area contributed by atoms with E-state index in [9.17, 15) is 19.5 Å². The zero-order valence-corrected chi connectivity index (χ0v) is 15.9. The van der Waals surface area contributed by atoms with Gasteiger partial charge in [-0.3, -0.25) is 9.59 Å². The molecular weight excluding hydrogens is 360 g/mol. The van der Waals surface area contributed by atoms with Crippen LogP contribution in [0.1, 0.15) is 55.3 Å². The minimum absolute atomic E-state index is 0.0120. The van der Waals surface area contributed by atoms with Gasteiger partial charge < -0.3 is 20.1 Å². The van der Waals surface area contributed by atoms with Crippen LogP contribution in [-0.4, -0.2) is 53.1 Å². The van der Waals surface area contributed by atoms with E-state index in [2.05, 4.69) is 5.32 Å². The molecule has 2 saturated heterocycles. The highest BCUT2D eigenvalue weighted by molar-refractivity contribution is 6.00. The van der Waals surface area contributed by atoms with Crippen molar-refractivity contribution in [1.82, 2.24) is 4.90 Å². The van der Waals surface area contributed by atoms with Gasteiger partial charge in [0.25, 0.3) is 5.91 Å². The molecule has 4 rings (SSSR count). The maximum atomic E-state index is 13.0. The lowest BCUT2D eigenvalue weighted by atomic mass is 9.82. The number of carbonyl (C=O) groups excluding carboxylic acids is 2. The van der Waals surface area contributed by atoms with Crippen molar-refractivity contribution in [2.24, 2.45) is 5.41 Å². The van der Waals surface area contributed by atoms with Crippen molar-refractivity contribution in [3.05, 3.63) is 29.8 Å².